The van der Waals surface area contributed by atoms with Gasteiger partial charge in [-0.25, -0.2) is 0 Å². The lowest BCUT2D eigenvalue weighted by molar-refractivity contribution is 0.318. The van der Waals surface area contributed by atoms with Crippen LogP contribution < -0.4 is 5.73 Å². The van der Waals surface area contributed by atoms with E-state index in [1.54, 1.807) is 0 Å². The second-order valence-electron chi connectivity index (χ2n) is 2.76. The van der Waals surface area contributed by atoms with Crippen LogP contribution in [0.3, 0.4) is 0 Å². The highest BCUT2D eigenvalue weighted by molar-refractivity contribution is 7.80. The van der Waals surface area contributed by atoms with Crippen molar-refractivity contribution in [2.45, 2.75) is 25.8 Å². The molecule has 0 saturated heterocycles. The van der Waals surface area contributed by atoms with Gasteiger partial charge in [0.05, 0.1) is 4.99 Å². The first kappa shape index (κ1) is 7.95. The van der Waals surface area contributed by atoms with Gasteiger partial charge in [0.15, 0.2) is 0 Å². The molecule has 0 aromatic heterocycles. The molecule has 3 heteroatoms. The summed E-state index contributed by atoms with van der Waals surface area (Å²) in [6.45, 7) is 4.02. The third-order valence-corrected chi connectivity index (χ3v) is 1.96. The molecule has 2 nitrogen and oxygen atoms in total. The molecule has 0 amide bonds. The van der Waals surface area contributed by atoms with Gasteiger partial charge in [0, 0.05) is 12.6 Å². The van der Waals surface area contributed by atoms with Crippen LogP contribution in [0.1, 0.15) is 19.8 Å². The minimum absolute atomic E-state index is 0.619. The maximum Gasteiger partial charge on any atom is 0.0870 e. The molecule has 0 aliphatic heterocycles. The van der Waals surface area contributed by atoms with E-state index in [2.05, 4.69) is 11.8 Å². The normalized spacial score (nSPS) is 17.8. The van der Waals surface area contributed by atoms with Crippen LogP contribution in [0.2, 0.25) is 0 Å². The summed E-state index contributed by atoms with van der Waals surface area (Å²) < 4.78 is 0. The molecule has 1 aliphatic carbocycles. The summed E-state index contributed by atoms with van der Waals surface area (Å²) in [6, 6.07) is 0.784. The number of hydrogen-bond acceptors (Lipinski definition) is 2. The Morgan fingerprint density at radius 1 is 1.70 bits per heavy atom. The molecule has 0 aromatic rings. The number of likely N-dealkylation sites (N-methyl/N-ethyl adjacent to an activating group) is 1. The van der Waals surface area contributed by atoms with Gasteiger partial charge in [-0.3, -0.25) is 4.90 Å². The van der Waals surface area contributed by atoms with Gasteiger partial charge in [-0.1, -0.05) is 19.1 Å². The standard InChI is InChI=1S/C7H14N2S/c1-2-9(5-7(8)10)6-3-4-6/h6H,2-5H2,1H3,(H2,8,10). The van der Waals surface area contributed by atoms with Crippen LogP contribution in [0.5, 0.6) is 0 Å². The Hall–Kier alpha value is -0.150. The first-order valence-corrected chi connectivity index (χ1v) is 4.17. The summed E-state index contributed by atoms with van der Waals surface area (Å²) in [5, 5.41) is 0. The molecular weight excluding hydrogens is 144 g/mol. The van der Waals surface area contributed by atoms with Gasteiger partial charge in [0.2, 0.25) is 0 Å². The highest BCUT2D eigenvalue weighted by atomic mass is 32.1. The predicted molar refractivity (Wildman–Crippen MR) is 47.1 cm³/mol. The molecule has 1 rings (SSSR count). The van der Waals surface area contributed by atoms with Crippen molar-refractivity contribution in [3.05, 3.63) is 0 Å². The van der Waals surface area contributed by atoms with Gasteiger partial charge in [-0.2, -0.15) is 0 Å². The summed E-state index contributed by atoms with van der Waals surface area (Å²) in [5.74, 6) is 0. The molecule has 58 valence electrons. The highest BCUT2D eigenvalue weighted by Crippen LogP contribution is 2.25. The zero-order chi connectivity index (χ0) is 7.56. The van der Waals surface area contributed by atoms with E-state index < -0.39 is 0 Å². The Morgan fingerprint density at radius 2 is 2.30 bits per heavy atom. The van der Waals surface area contributed by atoms with Crippen molar-refractivity contribution in [1.82, 2.24) is 4.90 Å². The van der Waals surface area contributed by atoms with Gasteiger partial charge in [0.1, 0.15) is 0 Å². The van der Waals surface area contributed by atoms with E-state index in [0.29, 0.717) is 4.99 Å². The summed E-state index contributed by atoms with van der Waals surface area (Å²) in [4.78, 5) is 2.95. The smallest absolute Gasteiger partial charge is 0.0870 e. The zero-order valence-corrected chi connectivity index (χ0v) is 7.16. The van der Waals surface area contributed by atoms with Gasteiger partial charge >= 0.3 is 0 Å². The van der Waals surface area contributed by atoms with E-state index in [9.17, 15) is 0 Å². The first-order chi connectivity index (χ1) is 4.74. The molecule has 1 saturated carbocycles. The van der Waals surface area contributed by atoms with Crippen molar-refractivity contribution in [2.24, 2.45) is 5.73 Å². The minimum Gasteiger partial charge on any atom is -0.392 e. The monoisotopic (exact) mass is 158 g/mol. The van der Waals surface area contributed by atoms with Crippen LogP contribution in [-0.2, 0) is 0 Å². The van der Waals surface area contributed by atoms with Crippen molar-refractivity contribution in [3.8, 4) is 0 Å². The Bertz CT molecular complexity index is 132. The number of hydrogen-bond donors (Lipinski definition) is 1. The summed E-state index contributed by atoms with van der Waals surface area (Å²) in [5.41, 5.74) is 5.42. The van der Waals surface area contributed by atoms with Crippen molar-refractivity contribution in [2.75, 3.05) is 13.1 Å². The summed E-state index contributed by atoms with van der Waals surface area (Å²) in [6.07, 6.45) is 2.66. The van der Waals surface area contributed by atoms with Crippen LogP contribution in [-0.4, -0.2) is 29.0 Å². The van der Waals surface area contributed by atoms with Crippen LogP contribution >= 0.6 is 12.2 Å². The predicted octanol–water partition coefficient (Wildman–Crippen LogP) is 0.757. The van der Waals surface area contributed by atoms with E-state index in [-0.39, 0.29) is 0 Å². The Labute approximate surface area is 67.4 Å². The van der Waals surface area contributed by atoms with Crippen LogP contribution in [0.15, 0.2) is 0 Å². The largest absolute Gasteiger partial charge is 0.392 e. The van der Waals surface area contributed by atoms with Crippen LogP contribution in [0.4, 0.5) is 0 Å². The first-order valence-electron chi connectivity index (χ1n) is 3.76. The fourth-order valence-corrected chi connectivity index (χ4v) is 1.30. The molecule has 0 radical (unpaired) electrons. The molecule has 2 N–H and O–H groups in total. The summed E-state index contributed by atoms with van der Waals surface area (Å²) in [7, 11) is 0. The highest BCUT2D eigenvalue weighted by Gasteiger charge is 2.27. The molecular formula is C7H14N2S. The average molecular weight is 158 g/mol. The van der Waals surface area contributed by atoms with E-state index in [0.717, 1.165) is 19.1 Å². The van der Waals surface area contributed by atoms with Crippen molar-refractivity contribution >= 4 is 17.2 Å². The number of nitrogens with two attached hydrogens (primary N) is 1. The minimum atomic E-state index is 0.619. The molecule has 1 fully saturated rings. The third-order valence-electron chi connectivity index (χ3n) is 1.83. The van der Waals surface area contributed by atoms with E-state index >= 15 is 0 Å². The van der Waals surface area contributed by atoms with Crippen LogP contribution in [0, 0.1) is 0 Å². The molecule has 0 spiro atoms. The lowest BCUT2D eigenvalue weighted by atomic mass is 10.4. The molecule has 0 heterocycles. The maximum absolute atomic E-state index is 5.42. The number of rotatable bonds is 4. The van der Waals surface area contributed by atoms with Gasteiger partial charge in [-0.05, 0) is 19.4 Å². The van der Waals surface area contributed by atoms with Crippen LogP contribution in [0.25, 0.3) is 0 Å². The molecule has 0 unspecified atom stereocenters. The van der Waals surface area contributed by atoms with Gasteiger partial charge < -0.3 is 5.73 Å². The lowest BCUT2D eigenvalue weighted by Crippen LogP contribution is -2.34. The molecule has 0 aromatic carbocycles. The fraction of sp³-hybridized carbons (Fsp3) is 0.857. The maximum atomic E-state index is 5.42. The average Bonchev–Trinajstić information content (AvgIpc) is 2.63. The molecule has 1 aliphatic rings. The van der Waals surface area contributed by atoms with Crippen molar-refractivity contribution in [1.29, 1.82) is 0 Å². The van der Waals surface area contributed by atoms with Crippen molar-refractivity contribution in [3.63, 3.8) is 0 Å². The Morgan fingerprint density at radius 3 is 2.60 bits per heavy atom. The quantitative estimate of drug-likeness (QED) is 0.612. The van der Waals surface area contributed by atoms with E-state index in [1.165, 1.54) is 12.8 Å². The molecule has 0 bridgehead atoms. The second kappa shape index (κ2) is 3.30. The van der Waals surface area contributed by atoms with Crippen molar-refractivity contribution < 1.29 is 0 Å². The number of nitrogens with zero attached hydrogens (tertiary/aromatic N) is 1. The second-order valence-corrected chi connectivity index (χ2v) is 3.28. The lowest BCUT2D eigenvalue weighted by Gasteiger charge is -2.17. The van der Waals surface area contributed by atoms with Gasteiger partial charge in [0.25, 0.3) is 0 Å². The fourth-order valence-electron chi connectivity index (χ4n) is 1.14. The Kier molecular flexibility index (Phi) is 2.63. The topological polar surface area (TPSA) is 29.3 Å². The Balaban J connectivity index is 2.25. The zero-order valence-electron chi connectivity index (χ0n) is 6.34. The third kappa shape index (κ3) is 2.23. The number of thiocarbonyl (C=S) groups is 1. The van der Waals surface area contributed by atoms with E-state index in [4.69, 9.17) is 18.0 Å². The van der Waals surface area contributed by atoms with Gasteiger partial charge in [-0.15, -0.1) is 0 Å². The van der Waals surface area contributed by atoms with E-state index in [1.807, 2.05) is 0 Å². The summed E-state index contributed by atoms with van der Waals surface area (Å²) >= 11 is 4.82. The SMILES string of the molecule is CCN(CC(N)=S)C1CC1. The molecule has 0 atom stereocenters. The molecule has 10 heavy (non-hydrogen) atoms.